The molecule has 0 saturated carbocycles. The summed E-state index contributed by atoms with van der Waals surface area (Å²) in [7, 11) is 0. The van der Waals surface area contributed by atoms with Gasteiger partial charge in [-0.05, 0) is 29.9 Å². The van der Waals surface area contributed by atoms with Gasteiger partial charge in [0.2, 0.25) is 0 Å². The van der Waals surface area contributed by atoms with Crippen LogP contribution >= 0.6 is 12.2 Å². The first kappa shape index (κ1) is 18.7. The van der Waals surface area contributed by atoms with Crippen molar-refractivity contribution in [3.63, 3.8) is 0 Å². The monoisotopic (exact) mass is 393 g/mol. The van der Waals surface area contributed by atoms with Crippen LogP contribution in [-0.4, -0.2) is 56.9 Å². The molecule has 1 saturated heterocycles. The van der Waals surface area contributed by atoms with Crippen molar-refractivity contribution in [2.75, 3.05) is 32.7 Å². The van der Waals surface area contributed by atoms with Crippen LogP contribution in [-0.2, 0) is 13.2 Å². The Morgan fingerprint density at radius 2 is 1.79 bits per heavy atom. The van der Waals surface area contributed by atoms with E-state index in [1.165, 1.54) is 5.56 Å². The molecule has 144 valence electrons. The topological polar surface area (TPSA) is 42.4 Å². The lowest BCUT2D eigenvalue weighted by molar-refractivity contribution is 0.111. The summed E-state index contributed by atoms with van der Waals surface area (Å²) in [5.74, 6) is 4.20. The summed E-state index contributed by atoms with van der Waals surface area (Å²) in [5.41, 5.74) is 1.17. The van der Waals surface area contributed by atoms with Crippen molar-refractivity contribution in [3.05, 3.63) is 59.1 Å². The second kappa shape index (κ2) is 8.57. The lowest BCUT2D eigenvalue weighted by Gasteiger charge is -2.33. The van der Waals surface area contributed by atoms with E-state index < -0.39 is 0 Å². The molecule has 0 unspecified atom stereocenters. The molecule has 2 aromatic heterocycles. The van der Waals surface area contributed by atoms with Crippen molar-refractivity contribution in [2.24, 2.45) is 0 Å². The molecular weight excluding hydrogens is 370 g/mol. The van der Waals surface area contributed by atoms with Crippen LogP contribution in [0.15, 0.2) is 53.1 Å². The number of rotatable bonds is 6. The molecule has 0 spiro atoms. The second-order valence-corrected chi connectivity index (χ2v) is 7.26. The van der Waals surface area contributed by atoms with Gasteiger partial charge < -0.3 is 4.42 Å². The summed E-state index contributed by atoms with van der Waals surface area (Å²) < 4.78 is 10.2. The number of hydrogen-bond acceptors (Lipinski definition) is 5. The molecule has 3 heterocycles. The second-order valence-electron chi connectivity index (χ2n) is 6.89. The van der Waals surface area contributed by atoms with E-state index in [0.29, 0.717) is 24.5 Å². The third-order valence-electron chi connectivity index (χ3n) is 4.96. The first-order valence-corrected chi connectivity index (χ1v) is 9.79. The van der Waals surface area contributed by atoms with Gasteiger partial charge in [0.1, 0.15) is 0 Å². The predicted octanol–water partition coefficient (Wildman–Crippen LogP) is 2.93. The lowest BCUT2D eigenvalue weighted by atomic mass is 10.2. The SMILES string of the molecule is C#CCN1CCN(Cn2nc(-c3ccco3)n(Cc3ccccc3)c2=S)CC1. The van der Waals surface area contributed by atoms with Crippen LogP contribution in [0.5, 0.6) is 0 Å². The van der Waals surface area contributed by atoms with Gasteiger partial charge in [-0.2, -0.15) is 0 Å². The number of benzene rings is 1. The maximum absolute atomic E-state index is 5.78. The van der Waals surface area contributed by atoms with E-state index in [0.717, 1.165) is 37.8 Å². The molecule has 4 rings (SSSR count). The Balaban J connectivity index is 1.58. The standard InChI is InChI=1S/C21H23N5OS/c1-2-10-23-11-13-24(14-12-23)17-26-21(28)25(16-18-7-4-3-5-8-18)20(22-26)19-9-6-15-27-19/h1,3-9,15H,10-14,16-17H2. The van der Waals surface area contributed by atoms with Gasteiger partial charge in [0, 0.05) is 26.2 Å². The molecule has 0 N–H and O–H groups in total. The summed E-state index contributed by atoms with van der Waals surface area (Å²) in [5, 5.41) is 4.79. The Morgan fingerprint density at radius 3 is 2.46 bits per heavy atom. The molecule has 1 aliphatic rings. The zero-order chi connectivity index (χ0) is 19.3. The van der Waals surface area contributed by atoms with Crippen LogP contribution in [0, 0.1) is 17.1 Å². The van der Waals surface area contributed by atoms with Gasteiger partial charge >= 0.3 is 0 Å². The van der Waals surface area contributed by atoms with Crippen molar-refractivity contribution in [1.29, 1.82) is 0 Å². The minimum Gasteiger partial charge on any atom is -0.461 e. The molecule has 0 atom stereocenters. The van der Waals surface area contributed by atoms with E-state index in [4.69, 9.17) is 28.2 Å². The maximum Gasteiger partial charge on any atom is 0.199 e. The molecule has 6 nitrogen and oxygen atoms in total. The quantitative estimate of drug-likeness (QED) is 0.476. The Morgan fingerprint density at radius 1 is 1.04 bits per heavy atom. The van der Waals surface area contributed by atoms with Gasteiger partial charge in [0.25, 0.3) is 0 Å². The largest absolute Gasteiger partial charge is 0.461 e. The van der Waals surface area contributed by atoms with E-state index in [1.54, 1.807) is 6.26 Å². The van der Waals surface area contributed by atoms with Gasteiger partial charge in [-0.15, -0.1) is 11.5 Å². The van der Waals surface area contributed by atoms with Crippen molar-refractivity contribution < 1.29 is 4.42 Å². The predicted molar refractivity (Wildman–Crippen MR) is 111 cm³/mol. The van der Waals surface area contributed by atoms with Gasteiger partial charge in [-0.1, -0.05) is 36.3 Å². The zero-order valence-electron chi connectivity index (χ0n) is 15.7. The fraction of sp³-hybridized carbons (Fsp3) is 0.333. The van der Waals surface area contributed by atoms with Gasteiger partial charge in [-0.25, -0.2) is 4.68 Å². The maximum atomic E-state index is 5.78. The molecule has 0 radical (unpaired) electrons. The first-order chi connectivity index (χ1) is 13.7. The number of aromatic nitrogens is 3. The van der Waals surface area contributed by atoms with E-state index in [1.807, 2.05) is 39.6 Å². The number of hydrogen-bond donors (Lipinski definition) is 0. The van der Waals surface area contributed by atoms with E-state index in [2.05, 4.69) is 27.9 Å². The van der Waals surface area contributed by atoms with Gasteiger partial charge in [-0.3, -0.25) is 14.4 Å². The molecule has 7 heteroatoms. The van der Waals surface area contributed by atoms with Crippen LogP contribution in [0.4, 0.5) is 0 Å². The number of furan rings is 1. The Kier molecular flexibility index (Phi) is 5.72. The zero-order valence-corrected chi connectivity index (χ0v) is 16.5. The first-order valence-electron chi connectivity index (χ1n) is 9.38. The van der Waals surface area contributed by atoms with Crippen molar-refractivity contribution in [3.8, 4) is 23.9 Å². The van der Waals surface area contributed by atoms with E-state index >= 15 is 0 Å². The molecule has 0 amide bonds. The Bertz CT molecular complexity index is 992. The molecule has 0 aliphatic carbocycles. The summed E-state index contributed by atoms with van der Waals surface area (Å²) in [6, 6.07) is 14.1. The Labute approximate surface area is 170 Å². The fourth-order valence-corrected chi connectivity index (χ4v) is 3.69. The van der Waals surface area contributed by atoms with Crippen molar-refractivity contribution in [2.45, 2.75) is 13.2 Å². The number of terminal acetylenes is 1. The van der Waals surface area contributed by atoms with Gasteiger partial charge in [0.05, 0.1) is 26.0 Å². The molecule has 28 heavy (non-hydrogen) atoms. The summed E-state index contributed by atoms with van der Waals surface area (Å²) in [6.07, 6.45) is 7.08. The molecule has 1 aliphatic heterocycles. The van der Waals surface area contributed by atoms with Crippen LogP contribution in [0.3, 0.4) is 0 Å². The third kappa shape index (κ3) is 4.09. The lowest BCUT2D eigenvalue weighted by Crippen LogP contribution is -2.46. The molecule has 1 aromatic carbocycles. The number of nitrogens with zero attached hydrogens (tertiary/aromatic N) is 5. The van der Waals surface area contributed by atoms with Crippen molar-refractivity contribution >= 4 is 12.2 Å². The van der Waals surface area contributed by atoms with Crippen LogP contribution in [0.25, 0.3) is 11.6 Å². The highest BCUT2D eigenvalue weighted by Crippen LogP contribution is 2.20. The molecular formula is C21H23N5OS. The normalized spacial score (nSPS) is 15.5. The fourth-order valence-electron chi connectivity index (χ4n) is 3.44. The van der Waals surface area contributed by atoms with Crippen LogP contribution in [0.1, 0.15) is 5.56 Å². The summed E-state index contributed by atoms with van der Waals surface area (Å²) in [4.78, 5) is 4.65. The minimum absolute atomic E-state index is 0.658. The average molecular weight is 394 g/mol. The number of piperazine rings is 1. The van der Waals surface area contributed by atoms with Crippen molar-refractivity contribution in [1.82, 2.24) is 24.1 Å². The highest BCUT2D eigenvalue weighted by atomic mass is 32.1. The third-order valence-corrected chi connectivity index (χ3v) is 5.39. The highest BCUT2D eigenvalue weighted by molar-refractivity contribution is 7.71. The van der Waals surface area contributed by atoms with Crippen LogP contribution < -0.4 is 0 Å². The minimum atomic E-state index is 0.658. The summed E-state index contributed by atoms with van der Waals surface area (Å²) in [6.45, 7) is 5.86. The smallest absolute Gasteiger partial charge is 0.199 e. The average Bonchev–Trinajstić information content (AvgIpc) is 3.35. The van der Waals surface area contributed by atoms with Gasteiger partial charge in [0.15, 0.2) is 16.4 Å². The molecule has 0 bridgehead atoms. The Hall–Kier alpha value is -2.66. The van der Waals surface area contributed by atoms with E-state index in [-0.39, 0.29) is 0 Å². The highest BCUT2D eigenvalue weighted by Gasteiger charge is 2.20. The van der Waals surface area contributed by atoms with E-state index in [9.17, 15) is 0 Å². The summed E-state index contributed by atoms with van der Waals surface area (Å²) >= 11 is 5.78. The van der Waals surface area contributed by atoms with Crippen LogP contribution in [0.2, 0.25) is 0 Å². The molecule has 1 fully saturated rings. The molecule has 3 aromatic rings.